The Kier molecular flexibility index (Phi) is 3.61. The molecule has 27 heavy (non-hydrogen) atoms. The van der Waals surface area contributed by atoms with Crippen LogP contribution in [0.25, 0.3) is 33.3 Å². The van der Waals surface area contributed by atoms with Crippen molar-refractivity contribution in [3.63, 3.8) is 0 Å². The summed E-state index contributed by atoms with van der Waals surface area (Å²) in [5.41, 5.74) is 7.32. The molecule has 0 fully saturated rings. The summed E-state index contributed by atoms with van der Waals surface area (Å²) < 4.78 is 0. The van der Waals surface area contributed by atoms with Crippen molar-refractivity contribution in [1.82, 2.24) is 15.0 Å². The average molecular weight is 350 g/mol. The molecule has 4 nitrogen and oxygen atoms in total. The van der Waals surface area contributed by atoms with Gasteiger partial charge in [0.2, 0.25) is 0 Å². The van der Waals surface area contributed by atoms with Crippen LogP contribution < -0.4 is 5.32 Å². The number of H-pyrrole nitrogens is 1. The van der Waals surface area contributed by atoms with E-state index >= 15 is 0 Å². The smallest absolute Gasteiger partial charge is 0.138 e. The largest absolute Gasteiger partial charge is 0.355 e. The number of aryl methyl sites for hydroxylation is 1. The first-order chi connectivity index (χ1) is 13.3. The zero-order chi connectivity index (χ0) is 18.2. The minimum Gasteiger partial charge on any atom is -0.355 e. The number of benzene rings is 3. The van der Waals surface area contributed by atoms with E-state index in [2.05, 4.69) is 64.7 Å². The Labute approximate surface area is 156 Å². The van der Waals surface area contributed by atoms with Crippen LogP contribution in [0.5, 0.6) is 0 Å². The molecule has 2 heterocycles. The molecule has 0 saturated carbocycles. The van der Waals surface area contributed by atoms with Crippen molar-refractivity contribution >= 4 is 33.3 Å². The van der Waals surface area contributed by atoms with E-state index in [1.54, 1.807) is 0 Å². The van der Waals surface area contributed by atoms with Crippen LogP contribution in [-0.2, 0) is 0 Å². The zero-order valence-electron chi connectivity index (χ0n) is 14.9. The Balaban J connectivity index is 1.52. The number of hydrogen-bond acceptors (Lipinski definition) is 3. The van der Waals surface area contributed by atoms with Gasteiger partial charge in [-0.3, -0.25) is 4.98 Å². The monoisotopic (exact) mass is 350 g/mol. The SMILES string of the molecule is Cc1ccc(-c2nc3ccc(Nc4ccnc5ccccc45)cc3[nH]2)cc1. The molecule has 0 aliphatic heterocycles. The summed E-state index contributed by atoms with van der Waals surface area (Å²) in [7, 11) is 0. The zero-order valence-corrected chi connectivity index (χ0v) is 14.9. The molecule has 0 unspecified atom stereocenters. The summed E-state index contributed by atoms with van der Waals surface area (Å²) in [5.74, 6) is 0.886. The van der Waals surface area contributed by atoms with Gasteiger partial charge in [0, 0.05) is 28.5 Å². The molecule has 5 aromatic rings. The van der Waals surface area contributed by atoms with E-state index in [-0.39, 0.29) is 0 Å². The van der Waals surface area contributed by atoms with Gasteiger partial charge in [0.15, 0.2) is 0 Å². The standard InChI is InChI=1S/C23H18N4/c1-15-6-8-16(9-7-15)23-26-21-11-10-17(14-22(21)27-23)25-20-12-13-24-19-5-3-2-4-18(19)20/h2-14H,1H3,(H,24,25)(H,26,27). The number of aromatic amines is 1. The van der Waals surface area contributed by atoms with Crippen molar-refractivity contribution in [1.29, 1.82) is 0 Å². The second kappa shape index (κ2) is 6.25. The summed E-state index contributed by atoms with van der Waals surface area (Å²) in [4.78, 5) is 12.6. The van der Waals surface area contributed by atoms with Gasteiger partial charge < -0.3 is 10.3 Å². The lowest BCUT2D eigenvalue weighted by Crippen LogP contribution is -1.92. The van der Waals surface area contributed by atoms with Crippen LogP contribution in [0.15, 0.2) is 79.0 Å². The predicted molar refractivity (Wildman–Crippen MR) is 111 cm³/mol. The third-order valence-electron chi connectivity index (χ3n) is 4.73. The molecule has 0 bridgehead atoms. The van der Waals surface area contributed by atoms with Gasteiger partial charge in [-0.15, -0.1) is 0 Å². The molecular weight excluding hydrogens is 332 g/mol. The molecule has 0 spiro atoms. The summed E-state index contributed by atoms with van der Waals surface area (Å²) in [5, 5.41) is 4.61. The number of rotatable bonds is 3. The minimum atomic E-state index is 0.886. The first kappa shape index (κ1) is 15.6. The number of anilines is 2. The second-order valence-electron chi connectivity index (χ2n) is 6.68. The van der Waals surface area contributed by atoms with E-state index in [1.165, 1.54) is 5.56 Å². The summed E-state index contributed by atoms with van der Waals surface area (Å²) in [6, 6.07) is 24.7. The molecule has 0 aliphatic rings. The number of imidazole rings is 1. The third kappa shape index (κ3) is 2.91. The topological polar surface area (TPSA) is 53.6 Å². The number of nitrogens with one attached hydrogen (secondary N) is 2. The van der Waals surface area contributed by atoms with Crippen LogP contribution in [0.1, 0.15) is 5.56 Å². The van der Waals surface area contributed by atoms with E-state index in [4.69, 9.17) is 4.98 Å². The Morgan fingerprint density at radius 3 is 2.59 bits per heavy atom. The Hall–Kier alpha value is -3.66. The lowest BCUT2D eigenvalue weighted by Gasteiger charge is -2.09. The molecule has 0 aliphatic carbocycles. The van der Waals surface area contributed by atoms with Gasteiger partial charge >= 0.3 is 0 Å². The van der Waals surface area contributed by atoms with E-state index in [0.717, 1.165) is 44.7 Å². The van der Waals surface area contributed by atoms with Gasteiger partial charge in [-0.1, -0.05) is 48.0 Å². The number of nitrogens with zero attached hydrogens (tertiary/aromatic N) is 2. The highest BCUT2D eigenvalue weighted by Crippen LogP contribution is 2.28. The lowest BCUT2D eigenvalue weighted by atomic mass is 10.1. The molecule has 0 atom stereocenters. The van der Waals surface area contributed by atoms with Gasteiger partial charge in [0.25, 0.3) is 0 Å². The molecule has 130 valence electrons. The van der Waals surface area contributed by atoms with Gasteiger partial charge in [0.05, 0.1) is 16.6 Å². The summed E-state index contributed by atoms with van der Waals surface area (Å²) in [6.07, 6.45) is 1.83. The average Bonchev–Trinajstić information content (AvgIpc) is 3.12. The molecular formula is C23H18N4. The van der Waals surface area contributed by atoms with Crippen LogP contribution in [-0.4, -0.2) is 15.0 Å². The van der Waals surface area contributed by atoms with Crippen molar-refractivity contribution in [3.05, 3.63) is 84.6 Å². The predicted octanol–water partition coefficient (Wildman–Crippen LogP) is 5.83. The van der Waals surface area contributed by atoms with E-state index in [0.29, 0.717) is 0 Å². The first-order valence-corrected chi connectivity index (χ1v) is 8.94. The van der Waals surface area contributed by atoms with Crippen LogP contribution >= 0.6 is 0 Å². The van der Waals surface area contributed by atoms with Crippen LogP contribution in [0, 0.1) is 6.92 Å². The van der Waals surface area contributed by atoms with Crippen LogP contribution in [0.2, 0.25) is 0 Å². The van der Waals surface area contributed by atoms with Crippen LogP contribution in [0.4, 0.5) is 11.4 Å². The van der Waals surface area contributed by atoms with Gasteiger partial charge in [-0.05, 0) is 37.3 Å². The number of pyridine rings is 1. The molecule has 0 radical (unpaired) electrons. The van der Waals surface area contributed by atoms with Gasteiger partial charge in [-0.2, -0.15) is 0 Å². The minimum absolute atomic E-state index is 0.886. The molecule has 0 saturated heterocycles. The van der Waals surface area contributed by atoms with E-state index < -0.39 is 0 Å². The third-order valence-corrected chi connectivity index (χ3v) is 4.73. The number of para-hydroxylation sites is 1. The number of aromatic nitrogens is 3. The molecule has 2 N–H and O–H groups in total. The fourth-order valence-electron chi connectivity index (χ4n) is 3.30. The van der Waals surface area contributed by atoms with Crippen LogP contribution in [0.3, 0.4) is 0 Å². The number of hydrogen-bond donors (Lipinski definition) is 2. The van der Waals surface area contributed by atoms with Crippen molar-refractivity contribution in [3.8, 4) is 11.4 Å². The van der Waals surface area contributed by atoms with E-state index in [1.807, 2.05) is 36.5 Å². The van der Waals surface area contributed by atoms with Crippen molar-refractivity contribution < 1.29 is 0 Å². The van der Waals surface area contributed by atoms with Gasteiger partial charge in [-0.25, -0.2) is 4.98 Å². The molecule has 4 heteroatoms. The van der Waals surface area contributed by atoms with Crippen molar-refractivity contribution in [2.24, 2.45) is 0 Å². The highest BCUT2D eigenvalue weighted by molar-refractivity contribution is 5.93. The summed E-state index contributed by atoms with van der Waals surface area (Å²) in [6.45, 7) is 2.09. The Bertz CT molecular complexity index is 1250. The van der Waals surface area contributed by atoms with Gasteiger partial charge in [0.1, 0.15) is 5.82 Å². The fourth-order valence-corrected chi connectivity index (χ4v) is 3.30. The molecule has 3 aromatic carbocycles. The molecule has 0 amide bonds. The maximum atomic E-state index is 4.72. The maximum absolute atomic E-state index is 4.72. The van der Waals surface area contributed by atoms with Crippen molar-refractivity contribution in [2.75, 3.05) is 5.32 Å². The Morgan fingerprint density at radius 2 is 1.70 bits per heavy atom. The van der Waals surface area contributed by atoms with Crippen molar-refractivity contribution in [2.45, 2.75) is 6.92 Å². The Morgan fingerprint density at radius 1 is 0.852 bits per heavy atom. The molecule has 2 aromatic heterocycles. The van der Waals surface area contributed by atoms with E-state index in [9.17, 15) is 0 Å². The molecule has 5 rings (SSSR count). The maximum Gasteiger partial charge on any atom is 0.138 e. The highest BCUT2D eigenvalue weighted by atomic mass is 14.9. The normalized spacial score (nSPS) is 11.1. The first-order valence-electron chi connectivity index (χ1n) is 8.94. The fraction of sp³-hybridized carbons (Fsp3) is 0.0435. The summed E-state index contributed by atoms with van der Waals surface area (Å²) >= 11 is 0. The lowest BCUT2D eigenvalue weighted by molar-refractivity contribution is 1.33. The number of fused-ring (bicyclic) bond motifs is 2. The highest BCUT2D eigenvalue weighted by Gasteiger charge is 2.07. The quantitative estimate of drug-likeness (QED) is 0.430. The second-order valence-corrected chi connectivity index (χ2v) is 6.68.